The highest BCUT2D eigenvalue weighted by Crippen LogP contribution is 2.42. The van der Waals surface area contributed by atoms with Crippen molar-refractivity contribution in [1.29, 1.82) is 0 Å². The van der Waals surface area contributed by atoms with Crippen molar-refractivity contribution in [2.45, 2.75) is 78.2 Å². The molecule has 1 saturated carbocycles. The molecule has 0 aromatic rings. The lowest BCUT2D eigenvalue weighted by Gasteiger charge is -2.45. The quantitative estimate of drug-likeness (QED) is 0.447. The molecule has 2 aliphatic rings. The van der Waals surface area contributed by atoms with Crippen molar-refractivity contribution in [3.8, 4) is 0 Å². The summed E-state index contributed by atoms with van der Waals surface area (Å²) in [7, 11) is 0. The Hall–Kier alpha value is -2.20. The minimum atomic E-state index is -1.22. The van der Waals surface area contributed by atoms with E-state index in [1.54, 1.807) is 20.8 Å². The molecule has 0 spiro atoms. The van der Waals surface area contributed by atoms with Crippen molar-refractivity contribution in [1.82, 2.24) is 0 Å². The molecule has 0 bridgehead atoms. The number of carbonyl (C=O) groups excluding carboxylic acids is 4. The van der Waals surface area contributed by atoms with Gasteiger partial charge in [-0.1, -0.05) is 0 Å². The van der Waals surface area contributed by atoms with Gasteiger partial charge in [0, 0.05) is 26.7 Å². The summed E-state index contributed by atoms with van der Waals surface area (Å²) in [5.74, 6) is -5.03. The molecule has 6 atom stereocenters. The first kappa shape index (κ1) is 24.1. The van der Waals surface area contributed by atoms with Gasteiger partial charge in [0.25, 0.3) is 0 Å². The maximum absolute atomic E-state index is 12.9. The van der Waals surface area contributed by atoms with Crippen LogP contribution in [0, 0.1) is 11.8 Å². The molecule has 0 aromatic carbocycles. The van der Waals surface area contributed by atoms with E-state index in [0.29, 0.717) is 0 Å². The van der Waals surface area contributed by atoms with Crippen molar-refractivity contribution in [2.24, 2.45) is 11.8 Å². The van der Waals surface area contributed by atoms with Crippen LogP contribution in [0.2, 0.25) is 0 Å². The Morgan fingerprint density at radius 1 is 0.933 bits per heavy atom. The van der Waals surface area contributed by atoms with Crippen LogP contribution in [0.25, 0.3) is 0 Å². The number of esters is 4. The second-order valence-electron chi connectivity index (χ2n) is 7.84. The average Bonchev–Trinajstić information content (AvgIpc) is 2.96. The first-order valence-electron chi connectivity index (χ1n) is 9.95. The molecule has 1 aliphatic carbocycles. The monoisotopic (exact) mass is 430 g/mol. The highest BCUT2D eigenvalue weighted by Gasteiger charge is 2.57. The Balaban J connectivity index is 2.49. The van der Waals surface area contributed by atoms with E-state index >= 15 is 0 Å². The molecular formula is C20H30O10. The van der Waals surface area contributed by atoms with Crippen LogP contribution in [0.1, 0.15) is 48.0 Å². The Kier molecular flexibility index (Phi) is 7.81. The topological polar surface area (TPSA) is 124 Å². The number of carbonyl (C=O) groups is 4. The van der Waals surface area contributed by atoms with Gasteiger partial charge in [-0.05, 0) is 27.2 Å². The highest BCUT2D eigenvalue weighted by molar-refractivity contribution is 5.76. The van der Waals surface area contributed by atoms with Gasteiger partial charge in [-0.3, -0.25) is 19.2 Å². The number of ether oxygens (including phenoxy) is 6. The van der Waals surface area contributed by atoms with Crippen LogP contribution in [0.4, 0.5) is 0 Å². The van der Waals surface area contributed by atoms with E-state index in [-0.39, 0.29) is 19.6 Å². The Morgan fingerprint density at radius 3 is 1.97 bits per heavy atom. The summed E-state index contributed by atoms with van der Waals surface area (Å²) in [4.78, 5) is 48.2. The molecule has 1 aliphatic heterocycles. The normalized spacial score (nSPS) is 32.7. The molecule has 10 nitrogen and oxygen atoms in total. The number of hydrogen-bond acceptors (Lipinski definition) is 10. The van der Waals surface area contributed by atoms with Crippen molar-refractivity contribution < 1.29 is 47.6 Å². The second kappa shape index (κ2) is 9.74. The minimum absolute atomic E-state index is 0.105. The third-order valence-corrected chi connectivity index (χ3v) is 5.00. The largest absolute Gasteiger partial charge is 0.466 e. The van der Waals surface area contributed by atoms with E-state index in [4.69, 9.17) is 28.4 Å². The lowest BCUT2D eigenvalue weighted by atomic mass is 9.71. The molecule has 2 rings (SSSR count). The summed E-state index contributed by atoms with van der Waals surface area (Å²) in [5, 5.41) is 0. The molecule has 0 amide bonds. The lowest BCUT2D eigenvalue weighted by Crippen LogP contribution is -2.59. The minimum Gasteiger partial charge on any atom is -0.466 e. The predicted molar refractivity (Wildman–Crippen MR) is 99.8 cm³/mol. The van der Waals surface area contributed by atoms with Crippen molar-refractivity contribution in [3.63, 3.8) is 0 Å². The fourth-order valence-corrected chi connectivity index (χ4v) is 4.06. The lowest BCUT2D eigenvalue weighted by molar-refractivity contribution is -0.216. The molecule has 0 N–H and O–H groups in total. The van der Waals surface area contributed by atoms with Crippen LogP contribution >= 0.6 is 0 Å². The Morgan fingerprint density at radius 2 is 1.50 bits per heavy atom. The summed E-state index contributed by atoms with van der Waals surface area (Å²) in [6.07, 6.45) is -3.76. The zero-order valence-electron chi connectivity index (χ0n) is 18.2. The summed E-state index contributed by atoms with van der Waals surface area (Å²) in [5.41, 5.74) is 0. The first-order chi connectivity index (χ1) is 13.9. The van der Waals surface area contributed by atoms with Gasteiger partial charge < -0.3 is 28.4 Å². The van der Waals surface area contributed by atoms with E-state index in [2.05, 4.69) is 0 Å². The Labute approximate surface area is 175 Å². The van der Waals surface area contributed by atoms with Gasteiger partial charge in [0.15, 0.2) is 18.0 Å². The van der Waals surface area contributed by atoms with Crippen molar-refractivity contribution in [3.05, 3.63) is 0 Å². The van der Waals surface area contributed by atoms with E-state index in [0.717, 1.165) is 0 Å². The van der Waals surface area contributed by atoms with Gasteiger partial charge in [-0.25, -0.2) is 0 Å². The van der Waals surface area contributed by atoms with Gasteiger partial charge >= 0.3 is 23.9 Å². The predicted octanol–water partition coefficient (Wildman–Crippen LogP) is 1.13. The molecule has 10 heteroatoms. The van der Waals surface area contributed by atoms with E-state index in [1.807, 2.05) is 0 Å². The van der Waals surface area contributed by atoms with Gasteiger partial charge in [0.05, 0.1) is 19.3 Å². The third-order valence-electron chi connectivity index (χ3n) is 5.00. The molecule has 170 valence electrons. The summed E-state index contributed by atoms with van der Waals surface area (Å²) in [6.45, 7) is 9.00. The summed E-state index contributed by atoms with van der Waals surface area (Å²) in [6, 6.07) is 0. The van der Waals surface area contributed by atoms with Gasteiger partial charge in [0.1, 0.15) is 12.0 Å². The summed E-state index contributed by atoms with van der Waals surface area (Å²) >= 11 is 0. The van der Waals surface area contributed by atoms with E-state index in [1.165, 1.54) is 20.8 Å². The number of hydrogen-bond donors (Lipinski definition) is 0. The fourth-order valence-electron chi connectivity index (χ4n) is 4.06. The maximum atomic E-state index is 12.9. The third kappa shape index (κ3) is 5.91. The fraction of sp³-hybridized carbons (Fsp3) is 0.800. The van der Waals surface area contributed by atoms with Gasteiger partial charge in [0.2, 0.25) is 0 Å². The van der Waals surface area contributed by atoms with Crippen molar-refractivity contribution >= 4 is 23.9 Å². The molecule has 0 unspecified atom stereocenters. The standard InChI is InChI=1S/C20H30O10/c1-7-25-19(24)16-13(15-9-26-20(5,6)30-15)8-14(27-10(2)21)17(28-11(3)22)18(16)29-12(4)23/h13-18H,7-9H2,1-6H3/t13-,14-,15+,16-,17-,18-/m0/s1. The van der Waals surface area contributed by atoms with Crippen LogP contribution in [-0.4, -0.2) is 67.3 Å². The van der Waals surface area contributed by atoms with E-state index < -0.39 is 65.9 Å². The van der Waals surface area contributed by atoms with Crippen molar-refractivity contribution in [2.75, 3.05) is 13.2 Å². The maximum Gasteiger partial charge on any atom is 0.313 e. The molecule has 2 fully saturated rings. The zero-order valence-corrected chi connectivity index (χ0v) is 18.2. The molecule has 30 heavy (non-hydrogen) atoms. The highest BCUT2D eigenvalue weighted by atomic mass is 16.7. The molecule has 0 radical (unpaired) electrons. The summed E-state index contributed by atoms with van der Waals surface area (Å²) < 4.78 is 33.0. The molecule has 1 heterocycles. The Bertz CT molecular complexity index is 672. The number of rotatable bonds is 6. The smallest absolute Gasteiger partial charge is 0.313 e. The zero-order chi connectivity index (χ0) is 22.6. The van der Waals surface area contributed by atoms with Crippen LogP contribution < -0.4 is 0 Å². The molecule has 1 saturated heterocycles. The van der Waals surface area contributed by atoms with Crippen LogP contribution in [0.15, 0.2) is 0 Å². The van der Waals surface area contributed by atoms with Crippen LogP contribution in [-0.2, 0) is 47.6 Å². The average molecular weight is 430 g/mol. The molecule has 0 aromatic heterocycles. The van der Waals surface area contributed by atoms with Crippen LogP contribution in [0.3, 0.4) is 0 Å². The van der Waals surface area contributed by atoms with Crippen LogP contribution in [0.5, 0.6) is 0 Å². The SMILES string of the molecule is CCOC(=O)[C@H]1[C@H]([C@H]2COC(C)(C)O2)C[C@H](OC(C)=O)[C@H](OC(C)=O)[C@H]1OC(C)=O. The molecular weight excluding hydrogens is 400 g/mol. The van der Waals surface area contributed by atoms with E-state index in [9.17, 15) is 19.2 Å². The second-order valence-corrected chi connectivity index (χ2v) is 7.84. The van der Waals surface area contributed by atoms with Gasteiger partial charge in [-0.2, -0.15) is 0 Å². The first-order valence-corrected chi connectivity index (χ1v) is 9.95. The van der Waals surface area contributed by atoms with Gasteiger partial charge in [-0.15, -0.1) is 0 Å².